The molecule has 134 valence electrons. The van der Waals surface area contributed by atoms with Gasteiger partial charge >= 0.3 is 6.72 Å². The van der Waals surface area contributed by atoms with Crippen LogP contribution in [0.1, 0.15) is 26.3 Å². The van der Waals surface area contributed by atoms with Crippen molar-refractivity contribution in [2.24, 2.45) is 0 Å². The van der Waals surface area contributed by atoms with Gasteiger partial charge in [0.15, 0.2) is 0 Å². The molecule has 0 fully saturated rings. The smallest absolute Gasteiger partial charge is 0.381 e. The van der Waals surface area contributed by atoms with Gasteiger partial charge in [-0.25, -0.2) is 0 Å². The van der Waals surface area contributed by atoms with Gasteiger partial charge in [-0.15, -0.1) is 10.2 Å². The van der Waals surface area contributed by atoms with Gasteiger partial charge < -0.3 is 9.26 Å². The molecule has 1 aromatic heterocycles. The Kier molecular flexibility index (Phi) is 7.08. The molecule has 0 radical (unpaired) electrons. The van der Waals surface area contributed by atoms with E-state index in [1.165, 1.54) is 0 Å². The van der Waals surface area contributed by atoms with Gasteiger partial charge in [0.2, 0.25) is 11.8 Å². The Balaban J connectivity index is 2.12. The molecule has 0 saturated heterocycles. The van der Waals surface area contributed by atoms with Crippen molar-refractivity contribution < 1.29 is 18.3 Å². The van der Waals surface area contributed by atoms with Crippen molar-refractivity contribution >= 4 is 24.1 Å². The predicted octanol–water partition coefficient (Wildman–Crippen LogP) is 4.98. The lowest BCUT2D eigenvalue weighted by Crippen LogP contribution is -2.03. The van der Waals surface area contributed by atoms with Crippen LogP contribution < -0.4 is 9.26 Å². The molecule has 0 aliphatic heterocycles. The standard InChI is InChI=1S/C17H21N2O4PS/c1-5-20-24(25,21-6-2)23-17-12-11-16(18-19-17)22-15-10-8-7-9-14(15)13(3)4/h7-12H,3,5-6H2,1-2,4H3. The van der Waals surface area contributed by atoms with E-state index in [2.05, 4.69) is 16.8 Å². The number of benzene rings is 1. The summed E-state index contributed by atoms with van der Waals surface area (Å²) in [5.74, 6) is 1.22. The van der Waals surface area contributed by atoms with Crippen molar-refractivity contribution in [1.82, 2.24) is 10.2 Å². The molecule has 0 saturated carbocycles. The number of hydrogen-bond acceptors (Lipinski definition) is 7. The van der Waals surface area contributed by atoms with Gasteiger partial charge in [0.1, 0.15) is 5.75 Å². The summed E-state index contributed by atoms with van der Waals surface area (Å²) in [5, 5.41) is 7.99. The number of nitrogens with zero attached hydrogens (tertiary/aromatic N) is 2. The SMILES string of the molecule is C=C(C)c1ccccc1Oc1ccc(OP(=S)(OCC)OCC)nn1. The number of ether oxygens (including phenoxy) is 1. The van der Waals surface area contributed by atoms with Crippen LogP contribution in [0.25, 0.3) is 5.57 Å². The average molecular weight is 380 g/mol. The summed E-state index contributed by atoms with van der Waals surface area (Å²) < 4.78 is 22.2. The number of allylic oxidation sites excluding steroid dienone is 1. The van der Waals surface area contributed by atoms with Gasteiger partial charge in [-0.1, -0.05) is 24.8 Å². The summed E-state index contributed by atoms with van der Waals surface area (Å²) >= 11 is 5.30. The maximum atomic E-state index is 5.78. The van der Waals surface area contributed by atoms with Crippen LogP contribution in [-0.4, -0.2) is 23.4 Å². The van der Waals surface area contributed by atoms with E-state index < -0.39 is 6.72 Å². The van der Waals surface area contributed by atoms with Crippen molar-refractivity contribution in [3.63, 3.8) is 0 Å². The third-order valence-electron chi connectivity index (χ3n) is 2.96. The van der Waals surface area contributed by atoms with Crippen LogP contribution in [0.2, 0.25) is 0 Å². The van der Waals surface area contributed by atoms with Crippen LogP contribution in [0.5, 0.6) is 17.5 Å². The van der Waals surface area contributed by atoms with Crippen LogP contribution >= 0.6 is 6.72 Å². The Morgan fingerprint density at radius 2 is 1.64 bits per heavy atom. The normalized spacial score (nSPS) is 11.2. The van der Waals surface area contributed by atoms with Crippen molar-refractivity contribution in [3.05, 3.63) is 48.5 Å². The zero-order chi connectivity index (χ0) is 18.3. The number of aromatic nitrogens is 2. The number of rotatable bonds is 9. The summed E-state index contributed by atoms with van der Waals surface area (Å²) in [7, 11) is 0. The minimum Gasteiger partial charge on any atom is -0.437 e. The molecular formula is C17H21N2O4PS. The fourth-order valence-electron chi connectivity index (χ4n) is 1.95. The first-order valence-electron chi connectivity index (χ1n) is 7.82. The third-order valence-corrected chi connectivity index (χ3v) is 5.37. The van der Waals surface area contributed by atoms with E-state index >= 15 is 0 Å². The second kappa shape index (κ2) is 9.06. The first kappa shape index (κ1) is 19.5. The summed E-state index contributed by atoms with van der Waals surface area (Å²) in [6.07, 6.45) is 0. The topological polar surface area (TPSA) is 62.7 Å². The van der Waals surface area contributed by atoms with Crippen molar-refractivity contribution in [3.8, 4) is 17.5 Å². The lowest BCUT2D eigenvalue weighted by Gasteiger charge is -2.20. The maximum absolute atomic E-state index is 5.78. The van der Waals surface area contributed by atoms with Crippen LogP contribution in [0, 0.1) is 0 Å². The van der Waals surface area contributed by atoms with Gasteiger partial charge in [-0.05, 0) is 32.4 Å². The molecule has 25 heavy (non-hydrogen) atoms. The molecule has 0 unspecified atom stereocenters. The van der Waals surface area contributed by atoms with Crippen LogP contribution in [0.3, 0.4) is 0 Å². The lowest BCUT2D eigenvalue weighted by molar-refractivity contribution is 0.215. The Morgan fingerprint density at radius 3 is 2.20 bits per heavy atom. The number of hydrogen-bond donors (Lipinski definition) is 0. The van der Waals surface area contributed by atoms with Crippen molar-refractivity contribution in [2.45, 2.75) is 20.8 Å². The maximum Gasteiger partial charge on any atom is 0.381 e. The lowest BCUT2D eigenvalue weighted by atomic mass is 10.1. The highest BCUT2D eigenvalue weighted by atomic mass is 32.5. The molecule has 0 aliphatic carbocycles. The van der Waals surface area contributed by atoms with Gasteiger partial charge in [0.25, 0.3) is 0 Å². The second-order valence-corrected chi connectivity index (χ2v) is 7.90. The fraction of sp³-hybridized carbons (Fsp3) is 0.294. The second-order valence-electron chi connectivity index (χ2n) is 4.96. The third kappa shape index (κ3) is 5.61. The van der Waals surface area contributed by atoms with Crippen molar-refractivity contribution in [2.75, 3.05) is 13.2 Å². The summed E-state index contributed by atoms with van der Waals surface area (Å²) in [4.78, 5) is 0. The van der Waals surface area contributed by atoms with E-state index in [1.807, 2.05) is 45.0 Å². The van der Waals surface area contributed by atoms with Crippen LogP contribution in [0.4, 0.5) is 0 Å². The Morgan fingerprint density at radius 1 is 1.04 bits per heavy atom. The summed E-state index contributed by atoms with van der Waals surface area (Å²) in [5.41, 5.74) is 1.81. The van der Waals surface area contributed by atoms with E-state index in [1.54, 1.807) is 12.1 Å². The zero-order valence-corrected chi connectivity index (χ0v) is 16.2. The highest BCUT2D eigenvalue weighted by Gasteiger charge is 2.22. The quantitative estimate of drug-likeness (QED) is 0.569. The van der Waals surface area contributed by atoms with Gasteiger partial charge in [0.05, 0.1) is 13.2 Å². The Hall–Kier alpha value is -1.79. The molecule has 2 aromatic rings. The Labute approximate surface area is 153 Å². The molecule has 0 amide bonds. The molecular weight excluding hydrogens is 359 g/mol. The average Bonchev–Trinajstić information content (AvgIpc) is 2.57. The molecule has 8 heteroatoms. The zero-order valence-electron chi connectivity index (χ0n) is 14.5. The highest BCUT2D eigenvalue weighted by Crippen LogP contribution is 2.49. The van der Waals surface area contributed by atoms with Gasteiger partial charge in [0, 0.05) is 29.5 Å². The molecule has 1 heterocycles. The molecule has 0 atom stereocenters. The van der Waals surface area contributed by atoms with Gasteiger partial charge in [-0.2, -0.15) is 0 Å². The van der Waals surface area contributed by atoms with E-state index in [9.17, 15) is 0 Å². The minimum absolute atomic E-state index is 0.228. The van der Waals surface area contributed by atoms with E-state index in [0.717, 1.165) is 11.1 Å². The summed E-state index contributed by atoms with van der Waals surface area (Å²) in [6, 6.07) is 10.9. The molecule has 1 aromatic carbocycles. The number of para-hydroxylation sites is 1. The molecule has 0 N–H and O–H groups in total. The molecule has 6 nitrogen and oxygen atoms in total. The van der Waals surface area contributed by atoms with Gasteiger partial charge in [-0.3, -0.25) is 9.05 Å². The molecule has 0 bridgehead atoms. The van der Waals surface area contributed by atoms with Crippen LogP contribution in [0.15, 0.2) is 43.0 Å². The highest BCUT2D eigenvalue weighted by molar-refractivity contribution is 8.07. The Bertz CT molecular complexity index is 757. The summed E-state index contributed by atoms with van der Waals surface area (Å²) in [6.45, 7) is 7.43. The molecule has 0 aliphatic rings. The van der Waals surface area contributed by atoms with Crippen molar-refractivity contribution in [1.29, 1.82) is 0 Å². The first-order chi connectivity index (χ1) is 12.0. The first-order valence-corrected chi connectivity index (χ1v) is 10.4. The van der Waals surface area contributed by atoms with E-state index in [0.29, 0.717) is 24.8 Å². The van der Waals surface area contributed by atoms with E-state index in [-0.39, 0.29) is 5.88 Å². The largest absolute Gasteiger partial charge is 0.437 e. The van der Waals surface area contributed by atoms with E-state index in [4.69, 9.17) is 30.1 Å². The molecule has 0 spiro atoms. The minimum atomic E-state index is -2.87. The molecule has 2 rings (SSSR count). The van der Waals surface area contributed by atoms with Crippen LogP contribution in [-0.2, 0) is 20.9 Å². The predicted molar refractivity (Wildman–Crippen MR) is 101 cm³/mol. The monoisotopic (exact) mass is 380 g/mol. The fourth-order valence-corrected chi connectivity index (χ4v) is 3.95.